The van der Waals surface area contributed by atoms with Gasteiger partial charge in [-0.05, 0) is 36.1 Å². The second-order valence-corrected chi connectivity index (χ2v) is 4.50. The van der Waals surface area contributed by atoms with Gasteiger partial charge in [-0.3, -0.25) is 0 Å². The Morgan fingerprint density at radius 3 is 2.94 bits per heavy atom. The molecule has 0 spiro atoms. The third-order valence-corrected chi connectivity index (χ3v) is 3.20. The van der Waals surface area contributed by atoms with Crippen LogP contribution in [0.1, 0.15) is 17.5 Å². The summed E-state index contributed by atoms with van der Waals surface area (Å²) in [5.41, 5.74) is 3.84. The largest absolute Gasteiger partial charge is 0.374 e. The van der Waals surface area contributed by atoms with Gasteiger partial charge in [0.05, 0.1) is 6.21 Å². The van der Waals surface area contributed by atoms with Gasteiger partial charge in [-0.2, -0.15) is 5.10 Å². The number of nitrogens with zero attached hydrogens (tertiary/aromatic N) is 5. The highest BCUT2D eigenvalue weighted by Gasteiger charge is 2.12. The molecule has 5 nitrogen and oxygen atoms in total. The predicted molar refractivity (Wildman–Crippen MR) is 71.0 cm³/mol. The number of benzene rings is 1. The van der Waals surface area contributed by atoms with Crippen molar-refractivity contribution in [1.29, 1.82) is 0 Å². The zero-order valence-corrected chi connectivity index (χ0v) is 10.3. The van der Waals surface area contributed by atoms with Crippen LogP contribution in [0.2, 0.25) is 0 Å². The highest BCUT2D eigenvalue weighted by Crippen LogP contribution is 2.26. The number of fused-ring (bicyclic) bond motifs is 1. The molecular formula is C13H15N5. The van der Waals surface area contributed by atoms with Crippen molar-refractivity contribution in [1.82, 2.24) is 14.9 Å². The molecule has 0 atom stereocenters. The van der Waals surface area contributed by atoms with Gasteiger partial charge >= 0.3 is 0 Å². The second kappa shape index (κ2) is 4.60. The molecule has 0 radical (unpaired) electrons. The molecule has 0 saturated heterocycles. The maximum atomic E-state index is 4.26. The van der Waals surface area contributed by atoms with E-state index in [1.807, 2.05) is 6.21 Å². The van der Waals surface area contributed by atoms with Crippen molar-refractivity contribution in [3.05, 3.63) is 42.0 Å². The summed E-state index contributed by atoms with van der Waals surface area (Å²) in [6, 6.07) is 6.47. The van der Waals surface area contributed by atoms with Crippen molar-refractivity contribution in [3.63, 3.8) is 0 Å². The Bertz CT molecular complexity index is 559. The smallest absolute Gasteiger partial charge is 0.141 e. The van der Waals surface area contributed by atoms with E-state index in [4.69, 9.17) is 0 Å². The van der Waals surface area contributed by atoms with Gasteiger partial charge in [0.1, 0.15) is 12.7 Å². The zero-order valence-electron chi connectivity index (χ0n) is 10.3. The van der Waals surface area contributed by atoms with Gasteiger partial charge in [0.25, 0.3) is 0 Å². The van der Waals surface area contributed by atoms with Gasteiger partial charge in [0, 0.05) is 19.3 Å². The van der Waals surface area contributed by atoms with Crippen molar-refractivity contribution in [2.75, 3.05) is 18.5 Å². The molecule has 1 aliphatic rings. The maximum absolute atomic E-state index is 4.26. The van der Waals surface area contributed by atoms with Crippen molar-refractivity contribution in [2.45, 2.75) is 12.8 Å². The normalized spacial score (nSPS) is 15.1. The van der Waals surface area contributed by atoms with Crippen molar-refractivity contribution < 1.29 is 0 Å². The van der Waals surface area contributed by atoms with E-state index in [9.17, 15) is 0 Å². The summed E-state index contributed by atoms with van der Waals surface area (Å²) in [7, 11) is 2.14. The number of aromatic nitrogens is 3. The molecule has 0 aliphatic carbocycles. The van der Waals surface area contributed by atoms with Crippen molar-refractivity contribution in [2.24, 2.45) is 5.10 Å². The van der Waals surface area contributed by atoms with E-state index in [-0.39, 0.29) is 0 Å². The fourth-order valence-corrected chi connectivity index (χ4v) is 2.27. The first kappa shape index (κ1) is 11.0. The summed E-state index contributed by atoms with van der Waals surface area (Å²) in [5, 5.41) is 11.7. The highest BCUT2D eigenvalue weighted by molar-refractivity contribution is 5.81. The number of aryl methyl sites for hydroxylation is 1. The Hall–Kier alpha value is -2.17. The van der Waals surface area contributed by atoms with Crippen LogP contribution in [0.4, 0.5) is 5.69 Å². The Kier molecular flexibility index (Phi) is 2.80. The lowest BCUT2D eigenvalue weighted by molar-refractivity contribution is 0.744. The van der Waals surface area contributed by atoms with Crippen LogP contribution in [-0.2, 0) is 6.42 Å². The average Bonchev–Trinajstić information content (AvgIpc) is 2.90. The van der Waals surface area contributed by atoms with Crippen LogP contribution in [0.3, 0.4) is 0 Å². The monoisotopic (exact) mass is 241 g/mol. The van der Waals surface area contributed by atoms with E-state index in [0.717, 1.165) is 18.5 Å². The lowest BCUT2D eigenvalue weighted by Crippen LogP contribution is -2.24. The summed E-state index contributed by atoms with van der Waals surface area (Å²) >= 11 is 0. The van der Waals surface area contributed by atoms with Gasteiger partial charge in [-0.15, -0.1) is 10.2 Å². The molecule has 0 unspecified atom stereocenters. The molecule has 0 N–H and O–H groups in total. The van der Waals surface area contributed by atoms with Crippen LogP contribution in [0.15, 0.2) is 36.0 Å². The van der Waals surface area contributed by atoms with Gasteiger partial charge in [0.2, 0.25) is 0 Å². The lowest BCUT2D eigenvalue weighted by atomic mass is 10.00. The Morgan fingerprint density at radius 2 is 2.11 bits per heavy atom. The molecule has 2 heterocycles. The number of hydrogen-bond donors (Lipinski definition) is 0. The van der Waals surface area contributed by atoms with E-state index in [0.29, 0.717) is 0 Å². The Morgan fingerprint density at radius 1 is 1.28 bits per heavy atom. The molecular weight excluding hydrogens is 226 g/mol. The predicted octanol–water partition coefficient (Wildman–Crippen LogP) is 1.54. The SMILES string of the molecule is CN1CCCc2cc(/C=N/n3cnnc3)ccc21. The first-order valence-electron chi connectivity index (χ1n) is 6.06. The van der Waals surface area contributed by atoms with E-state index in [2.05, 4.69) is 45.4 Å². The summed E-state index contributed by atoms with van der Waals surface area (Å²) < 4.78 is 1.59. The molecule has 1 aromatic carbocycles. The molecule has 0 bridgehead atoms. The standard InChI is InChI=1S/C13H15N5/c1-17-6-2-3-12-7-11(4-5-13(12)17)8-16-18-9-14-15-10-18/h4-5,7-10H,2-3,6H2,1H3/b16-8+. The number of anilines is 1. The minimum atomic E-state index is 1.11. The van der Waals surface area contributed by atoms with Gasteiger partial charge in [-0.25, -0.2) is 4.68 Å². The van der Waals surface area contributed by atoms with E-state index >= 15 is 0 Å². The lowest BCUT2D eigenvalue weighted by Gasteiger charge is -2.27. The molecule has 3 rings (SSSR count). The van der Waals surface area contributed by atoms with E-state index < -0.39 is 0 Å². The minimum absolute atomic E-state index is 1.11. The third kappa shape index (κ3) is 2.11. The molecule has 1 aliphatic heterocycles. The van der Waals surface area contributed by atoms with Crippen LogP contribution in [-0.4, -0.2) is 34.7 Å². The summed E-state index contributed by atoms with van der Waals surface area (Å²) in [6.45, 7) is 1.14. The van der Waals surface area contributed by atoms with E-state index in [1.54, 1.807) is 17.3 Å². The topological polar surface area (TPSA) is 46.3 Å². The highest BCUT2D eigenvalue weighted by atomic mass is 15.4. The summed E-state index contributed by atoms with van der Waals surface area (Å²) in [5.74, 6) is 0. The fourth-order valence-electron chi connectivity index (χ4n) is 2.27. The number of hydrogen-bond acceptors (Lipinski definition) is 4. The van der Waals surface area contributed by atoms with Crippen LogP contribution in [0.5, 0.6) is 0 Å². The van der Waals surface area contributed by atoms with Gasteiger partial charge < -0.3 is 4.90 Å². The minimum Gasteiger partial charge on any atom is -0.374 e. The Labute approximate surface area is 106 Å². The third-order valence-electron chi connectivity index (χ3n) is 3.20. The molecule has 5 heteroatoms. The zero-order chi connectivity index (χ0) is 12.4. The number of rotatable bonds is 2. The fraction of sp³-hybridized carbons (Fsp3) is 0.308. The molecule has 18 heavy (non-hydrogen) atoms. The van der Waals surface area contributed by atoms with E-state index in [1.165, 1.54) is 17.7 Å². The van der Waals surface area contributed by atoms with Crippen LogP contribution in [0.25, 0.3) is 0 Å². The van der Waals surface area contributed by atoms with Crippen molar-refractivity contribution in [3.8, 4) is 0 Å². The average molecular weight is 241 g/mol. The first-order valence-corrected chi connectivity index (χ1v) is 6.06. The van der Waals surface area contributed by atoms with Crippen LogP contribution < -0.4 is 4.90 Å². The quantitative estimate of drug-likeness (QED) is 0.749. The summed E-state index contributed by atoms with van der Waals surface area (Å²) in [4.78, 5) is 2.31. The molecule has 1 aromatic heterocycles. The Balaban J connectivity index is 1.86. The molecule has 92 valence electrons. The van der Waals surface area contributed by atoms with Gasteiger partial charge in [0.15, 0.2) is 0 Å². The van der Waals surface area contributed by atoms with Gasteiger partial charge in [-0.1, -0.05) is 6.07 Å². The van der Waals surface area contributed by atoms with Crippen LogP contribution >= 0.6 is 0 Å². The van der Waals surface area contributed by atoms with Crippen LogP contribution in [0, 0.1) is 0 Å². The molecule has 0 amide bonds. The molecule has 0 saturated carbocycles. The molecule has 0 fully saturated rings. The maximum Gasteiger partial charge on any atom is 0.141 e. The second-order valence-electron chi connectivity index (χ2n) is 4.50. The first-order chi connectivity index (χ1) is 8.83. The van der Waals surface area contributed by atoms with Crippen molar-refractivity contribution >= 4 is 11.9 Å². The summed E-state index contributed by atoms with van der Waals surface area (Å²) in [6.07, 6.45) is 7.34. The molecule has 2 aromatic rings.